The normalized spacial score (nSPS) is 14.5. The molecule has 0 aromatic heterocycles. The molecule has 0 saturated heterocycles. The van der Waals surface area contributed by atoms with Crippen molar-refractivity contribution in [3.63, 3.8) is 0 Å². The number of aliphatic hydroxyl groups excluding tert-OH is 2. The Bertz CT molecular complexity index is 2930. The Morgan fingerprint density at radius 1 is 0.240 bits per heavy atom. The average Bonchev–Trinajstić information content (AvgIpc) is 0.898. The lowest BCUT2D eigenvalue weighted by atomic mass is 10.0. The van der Waals surface area contributed by atoms with Gasteiger partial charge in [-0.1, -0.05) is 396 Å². The Labute approximate surface area is 738 Å². The van der Waals surface area contributed by atoms with Gasteiger partial charge in [0.25, 0.3) is 0 Å². The van der Waals surface area contributed by atoms with Gasteiger partial charge in [0.2, 0.25) is 0 Å². The monoisotopic (exact) mass is 1730 g/mol. The van der Waals surface area contributed by atoms with E-state index in [0.29, 0.717) is 19.3 Å². The molecule has 0 fully saturated rings. The molecule has 16 nitrogen and oxygen atoms in total. The first-order valence-corrected chi connectivity index (χ1v) is 51.1. The van der Waals surface area contributed by atoms with Gasteiger partial charge in [0.1, 0.15) is 25.4 Å². The molecule has 0 bridgehead atoms. The van der Waals surface area contributed by atoms with Crippen LogP contribution in [0.5, 0.6) is 0 Å². The number of allylic oxidation sites excluding steroid dienone is 30. The summed E-state index contributed by atoms with van der Waals surface area (Å²) in [5, 5.41) is 20.8. The van der Waals surface area contributed by atoms with Crippen LogP contribution in [0.15, 0.2) is 182 Å². The minimum atomic E-state index is -4.96. The van der Waals surface area contributed by atoms with Crippen LogP contribution in [-0.2, 0) is 55.8 Å². The van der Waals surface area contributed by atoms with Gasteiger partial charge in [0.05, 0.1) is 26.4 Å². The van der Waals surface area contributed by atoms with E-state index in [1.165, 1.54) is 173 Å². The highest BCUT2D eigenvalue weighted by Gasteiger charge is 2.30. The molecule has 0 amide bonds. The maximum absolute atomic E-state index is 13.1. The lowest BCUT2D eigenvalue weighted by molar-refractivity contribution is -0.161. The molecule has 0 radical (unpaired) electrons. The summed E-state index contributed by atoms with van der Waals surface area (Å²) in [6.45, 7) is 2.44. The Balaban J connectivity index is 4.62. The van der Waals surface area contributed by atoms with Crippen molar-refractivity contribution >= 4 is 33.6 Å². The molecule has 5 atom stereocenters. The van der Waals surface area contributed by atoms with Crippen LogP contribution in [0.2, 0.25) is 0 Å². The van der Waals surface area contributed by atoms with Crippen LogP contribution < -0.4 is 0 Å². The van der Waals surface area contributed by atoms with E-state index in [2.05, 4.69) is 203 Å². The van der Waals surface area contributed by atoms with Crippen molar-refractivity contribution in [1.82, 2.24) is 0 Å². The predicted octanol–water partition coefficient (Wildman–Crippen LogP) is 30.0. The van der Waals surface area contributed by atoms with Crippen LogP contribution >= 0.6 is 15.6 Å². The average molecular weight is 1730 g/mol. The molecule has 0 aromatic rings. The van der Waals surface area contributed by atoms with Crippen LogP contribution in [0.25, 0.3) is 0 Å². The van der Waals surface area contributed by atoms with E-state index in [1.807, 2.05) is 0 Å². The van der Waals surface area contributed by atoms with E-state index in [1.54, 1.807) is 0 Å². The molecule has 0 aliphatic heterocycles. The zero-order valence-corrected chi connectivity index (χ0v) is 78.2. The summed E-state index contributed by atoms with van der Waals surface area (Å²) in [7, 11) is -9.83. The second kappa shape index (κ2) is 93.8. The van der Waals surface area contributed by atoms with Gasteiger partial charge in [-0.15, -0.1) is 0 Å². The zero-order valence-electron chi connectivity index (χ0n) is 76.4. The molecule has 5 unspecified atom stereocenters. The molecule has 0 aliphatic rings. The minimum absolute atomic E-state index is 0.0702. The van der Waals surface area contributed by atoms with E-state index in [0.717, 1.165) is 161 Å². The summed E-state index contributed by atoms with van der Waals surface area (Å²) in [5.41, 5.74) is 0. The number of unbranched alkanes of at least 4 members (excludes halogenated alkanes) is 37. The fraction of sp³-hybridized carbons (Fsp3) is 0.680. The standard InChI is InChI=1S/C103H174O16P2/c1-4-7-10-13-16-19-22-25-28-31-34-37-40-42-44-46-48-50-52-54-57-59-62-65-68-71-74-77-80-83-86-89-101(106)113-92-98(104)93-115-120(109,110)116-94-99(105)95-117-121(111,112)118-97-100(119-103(108)91-88-85-82-79-76-73-70-67-64-61-56-39-36-33-30-27-24-21-18-15-12-9-6-3)96-114-102(107)90-87-84-81-78-75-72-69-66-63-60-58-55-53-51-49-47-45-43-41-38-35-32-29-26-23-20-17-14-11-8-5-2/h7,9-10,12,16-21,25-30,34-39,42-45,61,64,70,73,98-100,104-105H,4-6,8,11,13-15,22-24,31-33,40-41,46-60,62-63,65-69,71-72,74-97H2,1-3H3,(H,109,110)(H,111,112)/b10-7-,12-9-,19-16-,20-17-,21-18-,28-25-,29-26-,30-27-,37-34-,38-35-,39-36-,44-42-,45-43-,64-61-,73-70-. The number of hydrogen-bond donors (Lipinski definition) is 4. The molecular weight excluding hydrogens is 1560 g/mol. The van der Waals surface area contributed by atoms with Crippen LogP contribution in [0, 0.1) is 0 Å². The smallest absolute Gasteiger partial charge is 0.463 e. The Morgan fingerprint density at radius 2 is 0.438 bits per heavy atom. The second-order valence-corrected chi connectivity index (χ2v) is 34.7. The van der Waals surface area contributed by atoms with Gasteiger partial charge in [-0.3, -0.25) is 32.5 Å². The van der Waals surface area contributed by atoms with E-state index >= 15 is 0 Å². The number of ether oxygens (including phenoxy) is 3. The number of carbonyl (C=O) groups is 3. The summed E-state index contributed by atoms with van der Waals surface area (Å²) in [6, 6.07) is 0. The lowest BCUT2D eigenvalue weighted by Gasteiger charge is -2.21. The molecule has 4 N–H and O–H groups in total. The molecule has 0 saturated carbocycles. The lowest BCUT2D eigenvalue weighted by Crippen LogP contribution is -2.30. The van der Waals surface area contributed by atoms with Crippen molar-refractivity contribution in [3.05, 3.63) is 182 Å². The van der Waals surface area contributed by atoms with Crippen molar-refractivity contribution in [2.75, 3.05) is 39.6 Å². The first kappa shape index (κ1) is 116. The quantitative estimate of drug-likeness (QED) is 0.0146. The van der Waals surface area contributed by atoms with E-state index < -0.39 is 91.5 Å². The molecule has 692 valence electrons. The number of carbonyl (C=O) groups excluding carboxylic acids is 3. The molecule has 18 heteroatoms. The molecule has 0 aromatic carbocycles. The summed E-state index contributed by atoms with van der Waals surface area (Å²) >= 11 is 0. The molecule has 0 spiro atoms. The zero-order chi connectivity index (χ0) is 87.9. The summed E-state index contributed by atoms with van der Waals surface area (Å²) in [6.07, 6.45) is 124. The van der Waals surface area contributed by atoms with Crippen molar-refractivity contribution in [3.8, 4) is 0 Å². The van der Waals surface area contributed by atoms with E-state index in [4.69, 9.17) is 32.3 Å². The van der Waals surface area contributed by atoms with E-state index in [9.17, 15) is 43.5 Å². The highest BCUT2D eigenvalue weighted by molar-refractivity contribution is 7.47. The summed E-state index contributed by atoms with van der Waals surface area (Å²) < 4.78 is 61.5. The van der Waals surface area contributed by atoms with Crippen LogP contribution in [0.4, 0.5) is 0 Å². The largest absolute Gasteiger partial charge is 0.472 e. The van der Waals surface area contributed by atoms with Gasteiger partial charge >= 0.3 is 33.6 Å². The first-order chi connectivity index (χ1) is 59.2. The van der Waals surface area contributed by atoms with Gasteiger partial charge in [-0.25, -0.2) is 9.13 Å². The van der Waals surface area contributed by atoms with E-state index in [-0.39, 0.29) is 19.3 Å². The van der Waals surface area contributed by atoms with Crippen molar-refractivity contribution in [2.24, 2.45) is 0 Å². The van der Waals surface area contributed by atoms with Crippen molar-refractivity contribution in [1.29, 1.82) is 0 Å². The van der Waals surface area contributed by atoms with Gasteiger partial charge in [-0.05, 0) is 161 Å². The predicted molar refractivity (Wildman–Crippen MR) is 509 cm³/mol. The van der Waals surface area contributed by atoms with Gasteiger partial charge in [0.15, 0.2) is 6.10 Å². The van der Waals surface area contributed by atoms with Crippen LogP contribution in [0.3, 0.4) is 0 Å². The number of esters is 3. The van der Waals surface area contributed by atoms with Crippen molar-refractivity contribution < 1.29 is 75.8 Å². The fourth-order valence-corrected chi connectivity index (χ4v) is 14.5. The SMILES string of the molecule is CC/C=C\C/C=C\C/C=C\C/C=C\C/C=C\C/C=C\CCCCCCC(=O)OC(COC(=O)CCCCCCCCCCCCCCCCC/C=C\C/C=C\C/C=C\C/C=C\CCCCC)COP(=O)(O)OCC(O)COP(=O)(O)OCC(O)COC(=O)CCCCCCCCCCCCCCCCC/C=C\C/C=C\C/C=C\C/C=C\C/C=C\CC. The number of hydrogen-bond acceptors (Lipinski definition) is 14. The molecule has 0 aliphatic carbocycles. The Kier molecular flexibility index (Phi) is 89.6. The van der Waals surface area contributed by atoms with Gasteiger partial charge < -0.3 is 34.2 Å². The third kappa shape index (κ3) is 95.2. The third-order valence-corrected chi connectivity index (χ3v) is 22.0. The van der Waals surface area contributed by atoms with Gasteiger partial charge in [0, 0.05) is 19.3 Å². The number of phosphoric ester groups is 2. The maximum atomic E-state index is 13.1. The Hall–Kier alpha value is -5.35. The second-order valence-electron chi connectivity index (χ2n) is 31.8. The number of phosphoric acid groups is 2. The highest BCUT2D eigenvalue weighted by Crippen LogP contribution is 2.45. The summed E-state index contributed by atoms with van der Waals surface area (Å²) in [4.78, 5) is 59.1. The number of aliphatic hydroxyl groups is 2. The topological polar surface area (TPSA) is 231 Å². The van der Waals surface area contributed by atoms with Crippen LogP contribution in [-0.4, -0.2) is 95.9 Å². The molecular formula is C103H174O16P2. The first-order valence-electron chi connectivity index (χ1n) is 48.1. The molecule has 0 rings (SSSR count). The summed E-state index contributed by atoms with van der Waals surface area (Å²) in [5.74, 6) is -1.60. The highest BCUT2D eigenvalue weighted by atomic mass is 31.2. The third-order valence-electron chi connectivity index (χ3n) is 20.1. The van der Waals surface area contributed by atoms with Gasteiger partial charge in [-0.2, -0.15) is 0 Å². The number of rotatable bonds is 90. The molecule has 121 heavy (non-hydrogen) atoms. The fourth-order valence-electron chi connectivity index (χ4n) is 12.9. The van der Waals surface area contributed by atoms with Crippen molar-refractivity contribution in [2.45, 2.75) is 411 Å². The van der Waals surface area contributed by atoms with Crippen LogP contribution in [0.1, 0.15) is 393 Å². The Morgan fingerprint density at radius 3 is 0.694 bits per heavy atom. The minimum Gasteiger partial charge on any atom is -0.463 e. The molecule has 0 heterocycles. The maximum Gasteiger partial charge on any atom is 0.472 e.